The molecule has 20 heavy (non-hydrogen) atoms. The van der Waals surface area contributed by atoms with Crippen LogP contribution in [0.3, 0.4) is 0 Å². The van der Waals surface area contributed by atoms with E-state index in [-0.39, 0.29) is 0 Å². The monoisotopic (exact) mass is 278 g/mol. The Balaban J connectivity index is 1.98. The smallest absolute Gasteiger partial charge is 0.0668 e. The van der Waals surface area contributed by atoms with Gasteiger partial charge < -0.3 is 19.7 Å². The molecule has 4 nitrogen and oxygen atoms in total. The van der Waals surface area contributed by atoms with Gasteiger partial charge in [-0.25, -0.2) is 0 Å². The lowest BCUT2D eigenvalue weighted by Gasteiger charge is -2.36. The van der Waals surface area contributed by atoms with Gasteiger partial charge in [0.2, 0.25) is 0 Å². The molecule has 1 unspecified atom stereocenters. The first-order valence-corrected chi connectivity index (χ1v) is 7.36. The zero-order valence-corrected chi connectivity index (χ0v) is 12.8. The Morgan fingerprint density at radius 1 is 1.45 bits per heavy atom. The molecular weight excluding hydrogens is 252 g/mol. The Labute approximate surface area is 122 Å². The molecule has 0 aromatic heterocycles. The van der Waals surface area contributed by atoms with Crippen LogP contribution in [0.5, 0.6) is 0 Å². The number of hydrogen-bond donors (Lipinski definition) is 1. The van der Waals surface area contributed by atoms with Crippen molar-refractivity contribution in [3.63, 3.8) is 0 Å². The normalized spacial score (nSPS) is 19.4. The number of morpholine rings is 1. The lowest BCUT2D eigenvalue weighted by molar-refractivity contribution is 0.0989. The van der Waals surface area contributed by atoms with Gasteiger partial charge in [0.15, 0.2) is 0 Å². The highest BCUT2D eigenvalue weighted by molar-refractivity contribution is 5.55. The lowest BCUT2D eigenvalue weighted by atomic mass is 10.1. The molecule has 1 aromatic rings. The maximum atomic E-state index is 5.51. The van der Waals surface area contributed by atoms with Gasteiger partial charge in [0.25, 0.3) is 0 Å². The number of rotatable bonds is 6. The molecule has 1 heterocycles. The number of nitrogens with one attached hydrogen (secondary N) is 1. The molecule has 0 spiro atoms. The fraction of sp³-hybridized carbons (Fsp3) is 0.625. The predicted molar refractivity (Wildman–Crippen MR) is 82.4 cm³/mol. The van der Waals surface area contributed by atoms with Crippen LogP contribution in [0.25, 0.3) is 0 Å². The summed E-state index contributed by atoms with van der Waals surface area (Å²) in [5.74, 6) is 0. The summed E-state index contributed by atoms with van der Waals surface area (Å²) >= 11 is 0. The second-order valence-corrected chi connectivity index (χ2v) is 5.41. The van der Waals surface area contributed by atoms with Crippen LogP contribution in [0.4, 0.5) is 5.69 Å². The molecule has 1 aromatic carbocycles. The van der Waals surface area contributed by atoms with E-state index >= 15 is 0 Å². The Morgan fingerprint density at radius 3 is 3.00 bits per heavy atom. The molecule has 0 aliphatic carbocycles. The maximum absolute atomic E-state index is 5.51. The predicted octanol–water partition coefficient (Wildman–Crippen LogP) is 1.96. The molecule has 112 valence electrons. The summed E-state index contributed by atoms with van der Waals surface area (Å²) in [5, 5.41) is 3.38. The van der Waals surface area contributed by atoms with Gasteiger partial charge in [-0.05, 0) is 31.0 Å². The minimum atomic E-state index is 0.452. The van der Waals surface area contributed by atoms with E-state index in [0.717, 1.165) is 39.5 Å². The van der Waals surface area contributed by atoms with Gasteiger partial charge in [-0.2, -0.15) is 0 Å². The molecule has 1 N–H and O–H groups in total. The zero-order chi connectivity index (χ0) is 14.4. The summed E-state index contributed by atoms with van der Waals surface area (Å²) in [5.41, 5.74) is 3.99. The van der Waals surface area contributed by atoms with Crippen LogP contribution in [0.15, 0.2) is 18.2 Å². The topological polar surface area (TPSA) is 33.7 Å². The van der Waals surface area contributed by atoms with Crippen molar-refractivity contribution in [3.8, 4) is 0 Å². The summed E-state index contributed by atoms with van der Waals surface area (Å²) in [6.07, 6.45) is 0. The van der Waals surface area contributed by atoms with E-state index in [1.807, 2.05) is 0 Å². The summed E-state index contributed by atoms with van der Waals surface area (Å²) in [7, 11) is 1.73. The van der Waals surface area contributed by atoms with Crippen LogP contribution in [-0.2, 0) is 16.0 Å². The van der Waals surface area contributed by atoms with Gasteiger partial charge in [-0.3, -0.25) is 0 Å². The van der Waals surface area contributed by atoms with E-state index in [1.165, 1.54) is 16.8 Å². The number of methoxy groups -OCH3 is 1. The minimum Gasteiger partial charge on any atom is -0.383 e. The third kappa shape index (κ3) is 3.95. The average molecular weight is 278 g/mol. The van der Waals surface area contributed by atoms with Crippen molar-refractivity contribution in [2.45, 2.75) is 26.4 Å². The third-order valence-corrected chi connectivity index (χ3v) is 3.75. The molecule has 0 bridgehead atoms. The molecule has 0 amide bonds. The molecule has 0 radical (unpaired) electrons. The highest BCUT2D eigenvalue weighted by atomic mass is 16.5. The number of nitrogens with zero attached hydrogens (tertiary/aromatic N) is 1. The van der Waals surface area contributed by atoms with E-state index in [2.05, 4.69) is 42.3 Å². The van der Waals surface area contributed by atoms with E-state index < -0.39 is 0 Å². The van der Waals surface area contributed by atoms with Crippen LogP contribution in [-0.4, -0.2) is 46.1 Å². The number of hydrogen-bond acceptors (Lipinski definition) is 4. The SMILES string of the molecule is COCCNCc1ccc(N2CCOCC2C)c(C)c1. The first-order chi connectivity index (χ1) is 9.72. The van der Waals surface area contributed by atoms with Gasteiger partial charge in [-0.15, -0.1) is 0 Å². The summed E-state index contributed by atoms with van der Waals surface area (Å²) < 4.78 is 10.5. The third-order valence-electron chi connectivity index (χ3n) is 3.75. The zero-order valence-electron chi connectivity index (χ0n) is 12.8. The Morgan fingerprint density at radius 2 is 2.30 bits per heavy atom. The van der Waals surface area contributed by atoms with Crippen LogP contribution in [0, 0.1) is 6.92 Å². The fourth-order valence-electron chi connectivity index (χ4n) is 2.64. The largest absolute Gasteiger partial charge is 0.383 e. The van der Waals surface area contributed by atoms with E-state index in [4.69, 9.17) is 9.47 Å². The Kier molecular flexibility index (Phi) is 5.83. The lowest BCUT2D eigenvalue weighted by Crippen LogP contribution is -2.44. The molecule has 1 saturated heterocycles. The minimum absolute atomic E-state index is 0.452. The van der Waals surface area contributed by atoms with Crippen molar-refractivity contribution in [1.82, 2.24) is 5.32 Å². The number of aryl methyl sites for hydroxylation is 1. The molecular formula is C16H26N2O2. The van der Waals surface area contributed by atoms with Crippen molar-refractivity contribution < 1.29 is 9.47 Å². The van der Waals surface area contributed by atoms with Crippen molar-refractivity contribution in [1.29, 1.82) is 0 Å². The Bertz CT molecular complexity index is 423. The molecule has 1 fully saturated rings. The number of anilines is 1. The van der Waals surface area contributed by atoms with Gasteiger partial charge in [0, 0.05) is 38.5 Å². The maximum Gasteiger partial charge on any atom is 0.0668 e. The van der Waals surface area contributed by atoms with Crippen LogP contribution in [0.1, 0.15) is 18.1 Å². The first kappa shape index (κ1) is 15.3. The summed E-state index contributed by atoms with van der Waals surface area (Å²) in [6, 6.07) is 7.18. The first-order valence-electron chi connectivity index (χ1n) is 7.36. The van der Waals surface area contributed by atoms with Crippen molar-refractivity contribution >= 4 is 5.69 Å². The van der Waals surface area contributed by atoms with Crippen molar-refractivity contribution in [3.05, 3.63) is 29.3 Å². The van der Waals surface area contributed by atoms with Gasteiger partial charge in [0.05, 0.1) is 19.8 Å². The second kappa shape index (κ2) is 7.62. The fourth-order valence-corrected chi connectivity index (χ4v) is 2.64. The van der Waals surface area contributed by atoms with E-state index in [0.29, 0.717) is 6.04 Å². The molecule has 2 rings (SSSR count). The average Bonchev–Trinajstić information content (AvgIpc) is 2.45. The van der Waals surface area contributed by atoms with Gasteiger partial charge >= 0.3 is 0 Å². The molecule has 4 heteroatoms. The van der Waals surface area contributed by atoms with Crippen LogP contribution < -0.4 is 10.2 Å². The van der Waals surface area contributed by atoms with Gasteiger partial charge in [-0.1, -0.05) is 12.1 Å². The van der Waals surface area contributed by atoms with Gasteiger partial charge in [0.1, 0.15) is 0 Å². The summed E-state index contributed by atoms with van der Waals surface area (Å²) in [6.45, 7) is 9.57. The highest BCUT2D eigenvalue weighted by Crippen LogP contribution is 2.24. The molecule has 1 aliphatic rings. The van der Waals surface area contributed by atoms with Crippen LogP contribution >= 0.6 is 0 Å². The van der Waals surface area contributed by atoms with Crippen LogP contribution in [0.2, 0.25) is 0 Å². The Hall–Kier alpha value is -1.10. The van der Waals surface area contributed by atoms with Crippen molar-refractivity contribution in [2.24, 2.45) is 0 Å². The molecule has 0 saturated carbocycles. The number of benzene rings is 1. The standard InChI is InChI=1S/C16H26N2O2/c1-13-10-15(11-17-6-8-19-3)4-5-16(13)18-7-9-20-12-14(18)2/h4-5,10,14,17H,6-9,11-12H2,1-3H3. The molecule has 1 aliphatic heterocycles. The van der Waals surface area contributed by atoms with E-state index in [9.17, 15) is 0 Å². The van der Waals surface area contributed by atoms with E-state index in [1.54, 1.807) is 7.11 Å². The summed E-state index contributed by atoms with van der Waals surface area (Å²) in [4.78, 5) is 2.45. The highest BCUT2D eigenvalue weighted by Gasteiger charge is 2.20. The quantitative estimate of drug-likeness (QED) is 0.807. The number of ether oxygens (including phenoxy) is 2. The molecule has 1 atom stereocenters. The second-order valence-electron chi connectivity index (χ2n) is 5.41. The van der Waals surface area contributed by atoms with Crippen molar-refractivity contribution in [2.75, 3.05) is 44.9 Å².